The minimum absolute atomic E-state index is 0.0891. The van der Waals surface area contributed by atoms with Crippen molar-refractivity contribution in [3.63, 3.8) is 0 Å². The second-order valence-corrected chi connectivity index (χ2v) is 8.84. The van der Waals surface area contributed by atoms with Gasteiger partial charge >= 0.3 is 11.9 Å². The molecule has 4 rings (SSSR count). The van der Waals surface area contributed by atoms with Crippen molar-refractivity contribution in [2.24, 2.45) is 11.8 Å². The molecule has 1 aromatic carbocycles. The van der Waals surface area contributed by atoms with E-state index in [2.05, 4.69) is 21.2 Å². The lowest BCUT2D eigenvalue weighted by Gasteiger charge is -2.38. The fraction of sp³-hybridized carbons (Fsp3) is 0.435. The van der Waals surface area contributed by atoms with Crippen LogP contribution in [-0.4, -0.2) is 38.2 Å². The third-order valence-electron chi connectivity index (χ3n) is 6.04. The van der Waals surface area contributed by atoms with Crippen LogP contribution < -0.4 is 14.8 Å². The summed E-state index contributed by atoms with van der Waals surface area (Å²) in [4.78, 5) is 39.2. The van der Waals surface area contributed by atoms with E-state index in [-0.39, 0.29) is 25.1 Å². The van der Waals surface area contributed by atoms with Gasteiger partial charge in [0.25, 0.3) is 0 Å². The van der Waals surface area contributed by atoms with Gasteiger partial charge in [-0.1, -0.05) is 22.9 Å². The highest BCUT2D eigenvalue weighted by atomic mass is 79.9. The smallest absolute Gasteiger partial charge is 0.336 e. The van der Waals surface area contributed by atoms with Gasteiger partial charge in [-0.2, -0.15) is 0 Å². The number of allylic oxidation sites excluding steroid dienone is 3. The number of rotatable bonds is 4. The lowest BCUT2D eigenvalue weighted by Crippen LogP contribution is -2.43. The molecule has 0 spiro atoms. The zero-order valence-electron chi connectivity index (χ0n) is 18.2. The molecule has 0 bridgehead atoms. The Morgan fingerprint density at radius 3 is 2.59 bits per heavy atom. The molecule has 2 heterocycles. The highest BCUT2D eigenvalue weighted by molar-refractivity contribution is 9.10. The maximum atomic E-state index is 13.7. The Balaban J connectivity index is 1.92. The van der Waals surface area contributed by atoms with E-state index in [1.807, 2.05) is 6.92 Å². The first-order valence-electron chi connectivity index (χ1n) is 10.4. The van der Waals surface area contributed by atoms with Crippen molar-refractivity contribution in [1.82, 2.24) is 5.32 Å². The number of esters is 2. The second-order valence-electron chi connectivity index (χ2n) is 7.98. The number of ketones is 1. The van der Waals surface area contributed by atoms with Gasteiger partial charge in [0.15, 0.2) is 17.3 Å². The van der Waals surface area contributed by atoms with Gasteiger partial charge in [0, 0.05) is 27.4 Å². The topological polar surface area (TPSA) is 100 Å². The van der Waals surface area contributed by atoms with Gasteiger partial charge in [0.1, 0.15) is 5.92 Å². The molecule has 2 aliphatic heterocycles. The number of methoxy groups -OCH3 is 1. The SMILES string of the molecule is CCOC(=O)C1=C(C)NC2=C(C(=O)[C@H](C(=O)OC)[C@@H](C)C2)[C@@H]1c1cc2c(cc1Br)OCO2. The lowest BCUT2D eigenvalue weighted by molar-refractivity contribution is -0.151. The second kappa shape index (κ2) is 8.61. The summed E-state index contributed by atoms with van der Waals surface area (Å²) in [5.41, 5.74) is 2.64. The Kier molecular flexibility index (Phi) is 6.03. The van der Waals surface area contributed by atoms with Gasteiger partial charge in [-0.25, -0.2) is 4.79 Å². The highest BCUT2D eigenvalue weighted by Crippen LogP contribution is 2.49. The predicted octanol–water partition coefficient (Wildman–Crippen LogP) is 3.35. The highest BCUT2D eigenvalue weighted by Gasteiger charge is 2.47. The number of carbonyl (C=O) groups is 3. The molecule has 32 heavy (non-hydrogen) atoms. The van der Waals surface area contributed by atoms with Crippen LogP contribution in [0.15, 0.2) is 39.1 Å². The van der Waals surface area contributed by atoms with E-state index in [4.69, 9.17) is 18.9 Å². The van der Waals surface area contributed by atoms with Crippen molar-refractivity contribution in [2.45, 2.75) is 33.1 Å². The van der Waals surface area contributed by atoms with Crippen molar-refractivity contribution in [2.75, 3.05) is 20.5 Å². The molecule has 0 fully saturated rings. The van der Waals surface area contributed by atoms with Crippen LogP contribution in [0.4, 0.5) is 0 Å². The Morgan fingerprint density at radius 2 is 1.94 bits per heavy atom. The van der Waals surface area contributed by atoms with Crippen LogP contribution in [0.1, 0.15) is 38.7 Å². The molecule has 0 saturated heterocycles. The minimum Gasteiger partial charge on any atom is -0.468 e. The van der Waals surface area contributed by atoms with Crippen molar-refractivity contribution >= 4 is 33.7 Å². The molecule has 8 nitrogen and oxygen atoms in total. The van der Waals surface area contributed by atoms with Gasteiger partial charge in [0.2, 0.25) is 6.79 Å². The van der Waals surface area contributed by atoms with Crippen LogP contribution in [0.25, 0.3) is 0 Å². The fourth-order valence-electron chi connectivity index (χ4n) is 4.63. The third-order valence-corrected chi connectivity index (χ3v) is 6.73. The molecule has 170 valence electrons. The number of Topliss-reactive ketones (excluding diaryl/α,β-unsaturated/α-hetero) is 1. The Bertz CT molecular complexity index is 1070. The summed E-state index contributed by atoms with van der Waals surface area (Å²) in [5, 5.41) is 3.23. The number of dihydropyridines is 1. The zero-order chi connectivity index (χ0) is 23.2. The fourth-order valence-corrected chi connectivity index (χ4v) is 5.18. The first kappa shape index (κ1) is 22.4. The van der Waals surface area contributed by atoms with E-state index in [0.29, 0.717) is 50.5 Å². The molecule has 3 atom stereocenters. The van der Waals surface area contributed by atoms with Gasteiger partial charge in [-0.3, -0.25) is 9.59 Å². The summed E-state index contributed by atoms with van der Waals surface area (Å²) in [6.07, 6.45) is 0.465. The molecular formula is C23H24BrNO7. The van der Waals surface area contributed by atoms with E-state index < -0.39 is 23.8 Å². The summed E-state index contributed by atoms with van der Waals surface area (Å²) in [5.74, 6) is -2.33. The first-order valence-corrected chi connectivity index (χ1v) is 11.2. The van der Waals surface area contributed by atoms with Crippen LogP contribution >= 0.6 is 15.9 Å². The predicted molar refractivity (Wildman–Crippen MR) is 117 cm³/mol. The van der Waals surface area contributed by atoms with Crippen LogP contribution in [0.2, 0.25) is 0 Å². The third kappa shape index (κ3) is 3.58. The number of ether oxygens (including phenoxy) is 4. The number of benzene rings is 1. The first-order chi connectivity index (χ1) is 15.3. The monoisotopic (exact) mass is 505 g/mol. The quantitative estimate of drug-likeness (QED) is 0.491. The van der Waals surface area contributed by atoms with Crippen molar-refractivity contribution < 1.29 is 33.3 Å². The van der Waals surface area contributed by atoms with Crippen LogP contribution in [0.5, 0.6) is 11.5 Å². The standard InChI is InChI=1S/C23H24BrNO7/c1-5-30-23(28)18-11(3)25-14-6-10(2)17(22(27)29-4)21(26)20(14)19(18)12-7-15-16(8-13(12)24)32-9-31-15/h7-8,10,17,19,25H,5-6,9H2,1-4H3/t10-,17+,19+/m0/s1. The molecule has 9 heteroatoms. The molecule has 1 aromatic rings. The number of halogens is 1. The number of hydrogen-bond acceptors (Lipinski definition) is 8. The van der Waals surface area contributed by atoms with E-state index in [1.54, 1.807) is 26.0 Å². The Morgan fingerprint density at radius 1 is 1.25 bits per heavy atom. The van der Waals surface area contributed by atoms with E-state index >= 15 is 0 Å². The van der Waals surface area contributed by atoms with Crippen LogP contribution in [-0.2, 0) is 23.9 Å². The molecule has 0 amide bonds. The molecule has 3 aliphatic rings. The average molecular weight is 506 g/mol. The minimum atomic E-state index is -0.947. The normalized spacial score (nSPS) is 24.2. The molecule has 0 radical (unpaired) electrons. The molecule has 0 unspecified atom stereocenters. The summed E-state index contributed by atoms with van der Waals surface area (Å²) in [7, 11) is 1.27. The Hall–Kier alpha value is -2.81. The van der Waals surface area contributed by atoms with E-state index in [1.165, 1.54) is 7.11 Å². The van der Waals surface area contributed by atoms with Crippen molar-refractivity contribution in [3.05, 3.63) is 44.7 Å². The van der Waals surface area contributed by atoms with E-state index in [9.17, 15) is 14.4 Å². The summed E-state index contributed by atoms with van der Waals surface area (Å²) in [6.45, 7) is 5.63. The maximum absolute atomic E-state index is 13.7. The lowest BCUT2D eigenvalue weighted by atomic mass is 9.69. The summed E-state index contributed by atoms with van der Waals surface area (Å²) >= 11 is 3.57. The maximum Gasteiger partial charge on any atom is 0.336 e. The largest absolute Gasteiger partial charge is 0.468 e. The summed E-state index contributed by atoms with van der Waals surface area (Å²) < 4.78 is 21.9. The summed E-state index contributed by atoms with van der Waals surface area (Å²) in [6, 6.07) is 3.52. The zero-order valence-corrected chi connectivity index (χ0v) is 19.8. The Labute approximate surface area is 194 Å². The average Bonchev–Trinajstić information content (AvgIpc) is 3.19. The van der Waals surface area contributed by atoms with Crippen molar-refractivity contribution in [3.8, 4) is 11.5 Å². The van der Waals surface area contributed by atoms with Gasteiger partial charge in [-0.15, -0.1) is 0 Å². The number of fused-ring (bicyclic) bond motifs is 1. The van der Waals surface area contributed by atoms with Crippen LogP contribution in [0, 0.1) is 11.8 Å². The van der Waals surface area contributed by atoms with Crippen LogP contribution in [0.3, 0.4) is 0 Å². The molecule has 0 saturated carbocycles. The number of carbonyl (C=O) groups excluding carboxylic acids is 3. The van der Waals surface area contributed by atoms with Crippen molar-refractivity contribution in [1.29, 1.82) is 0 Å². The van der Waals surface area contributed by atoms with Gasteiger partial charge < -0.3 is 24.3 Å². The molecule has 1 aliphatic carbocycles. The van der Waals surface area contributed by atoms with E-state index in [0.717, 1.165) is 0 Å². The molecule has 1 N–H and O–H groups in total. The number of hydrogen-bond donors (Lipinski definition) is 1. The van der Waals surface area contributed by atoms with Gasteiger partial charge in [0.05, 0.1) is 19.3 Å². The molecule has 0 aromatic heterocycles. The number of nitrogens with one attached hydrogen (secondary N) is 1. The molecular weight excluding hydrogens is 482 g/mol. The van der Waals surface area contributed by atoms with Gasteiger partial charge in [-0.05, 0) is 43.9 Å².